The van der Waals surface area contributed by atoms with E-state index in [9.17, 15) is 4.79 Å². The molecule has 0 unspecified atom stereocenters. The quantitative estimate of drug-likeness (QED) is 0.615. The Bertz CT molecular complexity index is 936. The first kappa shape index (κ1) is 21.9. The van der Waals surface area contributed by atoms with Gasteiger partial charge in [-0.05, 0) is 83.6 Å². The lowest BCUT2D eigenvalue weighted by atomic mass is 9.93. The van der Waals surface area contributed by atoms with Gasteiger partial charge in [0, 0.05) is 12.1 Å². The van der Waals surface area contributed by atoms with Crippen LogP contribution in [0.3, 0.4) is 0 Å². The van der Waals surface area contributed by atoms with Gasteiger partial charge in [0.2, 0.25) is 5.88 Å². The van der Waals surface area contributed by atoms with Gasteiger partial charge in [-0.3, -0.25) is 0 Å². The molecular formula is C24H33N3O4S. The van der Waals surface area contributed by atoms with Gasteiger partial charge in [-0.15, -0.1) is 11.3 Å². The minimum absolute atomic E-state index is 0.161. The van der Waals surface area contributed by atoms with Crippen LogP contribution in [0.25, 0.3) is 10.2 Å². The van der Waals surface area contributed by atoms with Crippen molar-refractivity contribution in [1.29, 1.82) is 0 Å². The number of thiophene rings is 1. The highest BCUT2D eigenvalue weighted by molar-refractivity contribution is 7.17. The van der Waals surface area contributed by atoms with E-state index >= 15 is 0 Å². The summed E-state index contributed by atoms with van der Waals surface area (Å²) in [5.41, 5.74) is 0.496. The van der Waals surface area contributed by atoms with Crippen LogP contribution >= 0.6 is 11.3 Å². The van der Waals surface area contributed by atoms with Crippen molar-refractivity contribution in [2.45, 2.75) is 108 Å². The summed E-state index contributed by atoms with van der Waals surface area (Å²) in [4.78, 5) is 23.3. The molecule has 2 bridgehead atoms. The molecule has 0 aromatic carbocycles. The van der Waals surface area contributed by atoms with Crippen molar-refractivity contribution < 1.29 is 19.0 Å². The maximum atomic E-state index is 12.7. The van der Waals surface area contributed by atoms with Crippen LogP contribution in [0.2, 0.25) is 0 Å². The van der Waals surface area contributed by atoms with Crippen molar-refractivity contribution in [3.63, 3.8) is 0 Å². The first-order valence-electron chi connectivity index (χ1n) is 11.9. The zero-order valence-corrected chi connectivity index (χ0v) is 20.0. The van der Waals surface area contributed by atoms with Gasteiger partial charge in [-0.25, -0.2) is 14.8 Å². The number of aromatic nitrogens is 2. The van der Waals surface area contributed by atoms with Crippen molar-refractivity contribution >= 4 is 27.6 Å². The predicted octanol–water partition coefficient (Wildman–Crippen LogP) is 5.33. The molecule has 3 aliphatic rings. The molecule has 0 radical (unpaired) electrons. The molecule has 7 nitrogen and oxygen atoms in total. The van der Waals surface area contributed by atoms with E-state index < -0.39 is 5.60 Å². The van der Waals surface area contributed by atoms with Crippen LogP contribution < -0.4 is 4.74 Å². The number of carbonyl (C=O) groups excluding carboxylic acids is 1. The second-order valence-electron chi connectivity index (χ2n) is 10.3. The fourth-order valence-corrected chi connectivity index (χ4v) is 6.19. The third kappa shape index (κ3) is 4.71. The van der Waals surface area contributed by atoms with E-state index in [1.54, 1.807) is 17.7 Å². The third-order valence-electron chi connectivity index (χ3n) is 6.79. The van der Waals surface area contributed by atoms with E-state index in [1.807, 2.05) is 37.1 Å². The highest BCUT2D eigenvalue weighted by atomic mass is 32.1. The van der Waals surface area contributed by atoms with Gasteiger partial charge in [-0.2, -0.15) is 0 Å². The molecule has 1 saturated carbocycles. The van der Waals surface area contributed by atoms with Crippen LogP contribution in [0.1, 0.15) is 72.1 Å². The molecule has 0 spiro atoms. The molecule has 4 heterocycles. The lowest BCUT2D eigenvalue weighted by Gasteiger charge is -2.41. The van der Waals surface area contributed by atoms with Crippen molar-refractivity contribution in [2.24, 2.45) is 0 Å². The minimum atomic E-state index is -0.453. The van der Waals surface area contributed by atoms with Crippen molar-refractivity contribution in [3.8, 4) is 5.88 Å². The predicted molar refractivity (Wildman–Crippen MR) is 123 cm³/mol. The monoisotopic (exact) mass is 459 g/mol. The summed E-state index contributed by atoms with van der Waals surface area (Å²) in [6.07, 6.45) is 10.0. The van der Waals surface area contributed by atoms with Crippen LogP contribution in [-0.4, -0.2) is 57.0 Å². The van der Waals surface area contributed by atoms with E-state index in [0.29, 0.717) is 5.88 Å². The van der Waals surface area contributed by atoms with Crippen LogP contribution in [0.4, 0.5) is 4.79 Å². The molecule has 5 rings (SSSR count). The number of fused-ring (bicyclic) bond motifs is 3. The largest absolute Gasteiger partial charge is 0.473 e. The number of nitrogens with zero attached hydrogens (tertiary/aromatic N) is 3. The Kier molecular flexibility index (Phi) is 6.01. The minimum Gasteiger partial charge on any atom is -0.473 e. The number of ether oxygens (including phenoxy) is 3. The molecule has 174 valence electrons. The summed E-state index contributed by atoms with van der Waals surface area (Å²) in [7, 11) is 0. The lowest BCUT2D eigenvalue weighted by molar-refractivity contribution is -0.0814. The Labute approximate surface area is 193 Å². The molecule has 2 aromatic rings. The fraction of sp³-hybridized carbons (Fsp3) is 0.708. The molecule has 1 amide bonds. The van der Waals surface area contributed by atoms with Crippen LogP contribution in [-0.2, 0) is 9.47 Å². The van der Waals surface area contributed by atoms with Gasteiger partial charge in [-0.1, -0.05) is 0 Å². The third-order valence-corrected chi connectivity index (χ3v) is 7.68. The molecular weight excluding hydrogens is 426 g/mol. The van der Waals surface area contributed by atoms with Crippen molar-refractivity contribution in [2.75, 3.05) is 0 Å². The Balaban J connectivity index is 1.11. The average Bonchev–Trinajstić information content (AvgIpc) is 3.32. The summed E-state index contributed by atoms with van der Waals surface area (Å²) in [6, 6.07) is 2.50. The molecule has 2 saturated heterocycles. The average molecular weight is 460 g/mol. The number of piperidine rings is 1. The summed E-state index contributed by atoms with van der Waals surface area (Å²) in [5.74, 6) is 0.709. The summed E-state index contributed by atoms with van der Waals surface area (Å²) in [6.45, 7) is 5.78. The van der Waals surface area contributed by atoms with Gasteiger partial charge in [0.15, 0.2) is 0 Å². The summed E-state index contributed by atoms with van der Waals surface area (Å²) >= 11 is 1.63. The van der Waals surface area contributed by atoms with Crippen LogP contribution in [0.5, 0.6) is 5.88 Å². The van der Waals surface area contributed by atoms with E-state index in [4.69, 9.17) is 14.2 Å². The Morgan fingerprint density at radius 1 is 1.00 bits per heavy atom. The number of amides is 1. The Morgan fingerprint density at radius 2 is 1.69 bits per heavy atom. The first-order valence-corrected chi connectivity index (χ1v) is 12.8. The topological polar surface area (TPSA) is 73.8 Å². The van der Waals surface area contributed by atoms with Crippen LogP contribution in [0, 0.1) is 0 Å². The molecule has 8 heteroatoms. The molecule has 2 aliphatic heterocycles. The number of carbonyl (C=O) groups is 1. The Morgan fingerprint density at radius 3 is 2.38 bits per heavy atom. The molecule has 2 aromatic heterocycles. The highest BCUT2D eigenvalue weighted by Gasteiger charge is 2.45. The molecule has 3 fully saturated rings. The highest BCUT2D eigenvalue weighted by Crippen LogP contribution is 2.39. The Hall–Kier alpha value is -1.93. The van der Waals surface area contributed by atoms with Gasteiger partial charge in [0.1, 0.15) is 22.7 Å². The standard InChI is InChI=1S/C24H33N3O4S/c1-24(2,3)31-23(28)27-15-4-5-16(27)13-19(12-15)29-17-6-8-18(9-7-17)30-22-21-20(10-11-32-21)25-14-26-22/h10-11,14-19H,4-9,12-13H2,1-3H3/t15-,16+,17-,18-,19-. The zero-order valence-electron chi connectivity index (χ0n) is 19.2. The second kappa shape index (κ2) is 8.78. The molecule has 32 heavy (non-hydrogen) atoms. The van der Waals surface area contributed by atoms with Gasteiger partial charge >= 0.3 is 6.09 Å². The van der Waals surface area contributed by atoms with Crippen molar-refractivity contribution in [1.82, 2.24) is 14.9 Å². The van der Waals surface area contributed by atoms with E-state index in [2.05, 4.69) is 9.97 Å². The van der Waals surface area contributed by atoms with E-state index in [1.165, 1.54) is 0 Å². The number of hydrogen-bond acceptors (Lipinski definition) is 7. The number of hydrogen-bond donors (Lipinski definition) is 0. The zero-order chi connectivity index (χ0) is 22.3. The maximum Gasteiger partial charge on any atom is 0.410 e. The number of rotatable bonds is 4. The fourth-order valence-electron chi connectivity index (χ4n) is 5.42. The maximum absolute atomic E-state index is 12.7. The lowest BCUT2D eigenvalue weighted by Crippen LogP contribution is -2.50. The molecule has 3 atom stereocenters. The van der Waals surface area contributed by atoms with Gasteiger partial charge < -0.3 is 19.1 Å². The summed E-state index contributed by atoms with van der Waals surface area (Å²) < 4.78 is 19.5. The molecule has 0 N–H and O–H groups in total. The van der Waals surface area contributed by atoms with Gasteiger partial charge in [0.25, 0.3) is 0 Å². The van der Waals surface area contributed by atoms with Crippen molar-refractivity contribution in [3.05, 3.63) is 17.8 Å². The SMILES string of the molecule is CC(C)(C)OC(=O)N1[C@@H]2CC[C@H]1C[C@H](O[C@H]1CC[C@H](Oc3ncnc4ccsc34)CC1)C2. The van der Waals surface area contributed by atoms with Gasteiger partial charge in [0.05, 0.1) is 17.7 Å². The van der Waals surface area contributed by atoms with E-state index in [0.717, 1.165) is 61.6 Å². The normalized spacial score (nSPS) is 30.5. The smallest absolute Gasteiger partial charge is 0.410 e. The van der Waals surface area contributed by atoms with E-state index in [-0.39, 0.29) is 36.5 Å². The second-order valence-corrected chi connectivity index (χ2v) is 11.2. The summed E-state index contributed by atoms with van der Waals surface area (Å²) in [5, 5.41) is 2.03. The first-order chi connectivity index (χ1) is 15.4. The van der Waals surface area contributed by atoms with Crippen LogP contribution in [0.15, 0.2) is 17.8 Å². The molecule has 1 aliphatic carbocycles.